The zero-order valence-corrected chi connectivity index (χ0v) is 10.9. The SMILES string of the molecule is c1ccc2c(c1)N=C(N1CCNCC1)c1n[nH]nc1N2. The summed E-state index contributed by atoms with van der Waals surface area (Å²) in [4.78, 5) is 7.06. The van der Waals surface area contributed by atoms with E-state index in [1.807, 2.05) is 24.3 Å². The number of H-pyrrole nitrogens is 1. The van der Waals surface area contributed by atoms with Gasteiger partial charge in [-0.1, -0.05) is 12.1 Å². The van der Waals surface area contributed by atoms with Crippen LogP contribution in [-0.2, 0) is 0 Å². The lowest BCUT2D eigenvalue weighted by atomic mass is 10.3. The first-order valence-corrected chi connectivity index (χ1v) is 6.73. The zero-order valence-electron chi connectivity index (χ0n) is 10.9. The fourth-order valence-electron chi connectivity index (χ4n) is 2.54. The van der Waals surface area contributed by atoms with E-state index in [9.17, 15) is 0 Å². The second kappa shape index (κ2) is 4.61. The van der Waals surface area contributed by atoms with E-state index in [0.717, 1.165) is 54.9 Å². The fraction of sp³-hybridized carbons (Fsp3) is 0.308. The third kappa shape index (κ3) is 1.83. The van der Waals surface area contributed by atoms with Gasteiger partial charge in [0.05, 0.1) is 11.4 Å². The van der Waals surface area contributed by atoms with E-state index < -0.39 is 0 Å². The number of para-hydroxylation sites is 2. The first-order chi connectivity index (χ1) is 9.92. The molecule has 0 unspecified atom stereocenters. The van der Waals surface area contributed by atoms with Gasteiger partial charge in [-0.3, -0.25) is 0 Å². The summed E-state index contributed by atoms with van der Waals surface area (Å²) >= 11 is 0. The van der Waals surface area contributed by atoms with Gasteiger partial charge in [0, 0.05) is 26.2 Å². The fourth-order valence-corrected chi connectivity index (χ4v) is 2.54. The number of nitrogens with zero attached hydrogens (tertiary/aromatic N) is 4. The maximum absolute atomic E-state index is 4.81. The average molecular weight is 269 g/mol. The van der Waals surface area contributed by atoms with Crippen LogP contribution in [0.2, 0.25) is 0 Å². The van der Waals surface area contributed by atoms with Crippen LogP contribution in [0.4, 0.5) is 17.2 Å². The van der Waals surface area contributed by atoms with Crippen LogP contribution in [0.3, 0.4) is 0 Å². The van der Waals surface area contributed by atoms with E-state index >= 15 is 0 Å². The number of fused-ring (bicyclic) bond motifs is 2. The lowest BCUT2D eigenvalue weighted by Gasteiger charge is -2.29. The molecule has 102 valence electrons. The molecule has 0 saturated carbocycles. The smallest absolute Gasteiger partial charge is 0.184 e. The number of hydrogen-bond acceptors (Lipinski definition) is 6. The lowest BCUT2D eigenvalue weighted by molar-refractivity contribution is 0.357. The van der Waals surface area contributed by atoms with E-state index in [1.54, 1.807) is 0 Å². The highest BCUT2D eigenvalue weighted by molar-refractivity contribution is 6.05. The number of rotatable bonds is 0. The molecule has 0 aliphatic carbocycles. The van der Waals surface area contributed by atoms with E-state index in [4.69, 9.17) is 4.99 Å². The summed E-state index contributed by atoms with van der Waals surface area (Å²) in [5.41, 5.74) is 2.65. The minimum Gasteiger partial charge on any atom is -0.352 e. The molecule has 1 saturated heterocycles. The molecule has 20 heavy (non-hydrogen) atoms. The molecule has 2 aliphatic rings. The number of piperazine rings is 1. The Morgan fingerprint density at radius 2 is 1.90 bits per heavy atom. The maximum Gasteiger partial charge on any atom is 0.184 e. The molecule has 2 aromatic rings. The summed E-state index contributed by atoms with van der Waals surface area (Å²) in [6.07, 6.45) is 0. The molecule has 0 bridgehead atoms. The number of aliphatic imine (C=N–C) groups is 1. The van der Waals surface area contributed by atoms with Crippen molar-refractivity contribution in [3.8, 4) is 0 Å². The van der Waals surface area contributed by atoms with Gasteiger partial charge in [0.1, 0.15) is 0 Å². The number of aromatic nitrogens is 3. The zero-order chi connectivity index (χ0) is 13.4. The number of hydrogen-bond donors (Lipinski definition) is 3. The highest BCUT2D eigenvalue weighted by Gasteiger charge is 2.25. The first kappa shape index (κ1) is 11.4. The summed E-state index contributed by atoms with van der Waals surface area (Å²) < 4.78 is 0. The molecular formula is C13H15N7. The molecule has 7 nitrogen and oxygen atoms in total. The second-order valence-electron chi connectivity index (χ2n) is 4.84. The Bertz CT molecular complexity index is 654. The van der Waals surface area contributed by atoms with Crippen molar-refractivity contribution < 1.29 is 0 Å². The molecule has 0 amide bonds. The molecule has 3 heterocycles. The number of aromatic amines is 1. The molecule has 0 atom stereocenters. The molecule has 0 radical (unpaired) electrons. The third-order valence-corrected chi connectivity index (χ3v) is 3.56. The van der Waals surface area contributed by atoms with E-state index in [0.29, 0.717) is 0 Å². The molecule has 1 fully saturated rings. The van der Waals surface area contributed by atoms with Crippen LogP contribution in [0, 0.1) is 0 Å². The largest absolute Gasteiger partial charge is 0.352 e. The van der Waals surface area contributed by atoms with Crippen LogP contribution in [0.15, 0.2) is 29.3 Å². The van der Waals surface area contributed by atoms with Crippen molar-refractivity contribution in [3.05, 3.63) is 30.0 Å². The van der Waals surface area contributed by atoms with Gasteiger partial charge < -0.3 is 15.5 Å². The minimum absolute atomic E-state index is 0.729. The summed E-state index contributed by atoms with van der Waals surface area (Å²) in [7, 11) is 0. The van der Waals surface area contributed by atoms with Crippen LogP contribution in [0.1, 0.15) is 5.69 Å². The van der Waals surface area contributed by atoms with Crippen LogP contribution >= 0.6 is 0 Å². The van der Waals surface area contributed by atoms with Gasteiger partial charge in [-0.15, -0.1) is 5.10 Å². The molecule has 7 heteroatoms. The van der Waals surface area contributed by atoms with Crippen LogP contribution in [-0.4, -0.2) is 52.3 Å². The van der Waals surface area contributed by atoms with Crippen molar-refractivity contribution in [2.24, 2.45) is 4.99 Å². The number of anilines is 2. The Labute approximate surface area is 116 Å². The van der Waals surface area contributed by atoms with E-state index in [-0.39, 0.29) is 0 Å². The van der Waals surface area contributed by atoms with Crippen LogP contribution in [0.5, 0.6) is 0 Å². The standard InChI is InChI=1S/C13H15N7/c1-2-4-10-9(3-1)15-12-11(17-19-18-12)13(16-10)20-7-5-14-6-8-20/h1-4,14H,5-8H2,(H2,15,17,18,19). The normalized spacial score (nSPS) is 17.6. The monoisotopic (exact) mass is 269 g/mol. The molecule has 3 N–H and O–H groups in total. The van der Waals surface area contributed by atoms with Gasteiger partial charge in [0.15, 0.2) is 17.3 Å². The quantitative estimate of drug-likeness (QED) is 0.660. The van der Waals surface area contributed by atoms with Gasteiger partial charge in [-0.05, 0) is 12.1 Å². The van der Waals surface area contributed by atoms with Gasteiger partial charge in [-0.25, -0.2) is 4.99 Å². The highest BCUT2D eigenvalue weighted by atomic mass is 15.4. The van der Waals surface area contributed by atoms with Gasteiger partial charge in [0.2, 0.25) is 0 Å². The molecule has 1 aromatic heterocycles. The molecule has 1 aromatic carbocycles. The number of nitrogens with one attached hydrogen (secondary N) is 3. The van der Waals surface area contributed by atoms with Crippen LogP contribution < -0.4 is 10.6 Å². The predicted octanol–water partition coefficient (Wildman–Crippen LogP) is 0.845. The van der Waals surface area contributed by atoms with Crippen molar-refractivity contribution in [1.82, 2.24) is 25.6 Å². The van der Waals surface area contributed by atoms with Gasteiger partial charge >= 0.3 is 0 Å². The Morgan fingerprint density at radius 1 is 1.05 bits per heavy atom. The van der Waals surface area contributed by atoms with Crippen molar-refractivity contribution in [1.29, 1.82) is 0 Å². The van der Waals surface area contributed by atoms with Gasteiger partial charge in [0.25, 0.3) is 0 Å². The topological polar surface area (TPSA) is 81.2 Å². The van der Waals surface area contributed by atoms with E-state index in [1.165, 1.54) is 0 Å². The van der Waals surface area contributed by atoms with Gasteiger partial charge in [-0.2, -0.15) is 10.3 Å². The summed E-state index contributed by atoms with van der Waals surface area (Å²) in [6, 6.07) is 7.97. The molecule has 4 rings (SSSR count). The number of benzene rings is 1. The summed E-state index contributed by atoms with van der Waals surface area (Å²) in [5.74, 6) is 1.61. The average Bonchev–Trinajstić information content (AvgIpc) is 2.89. The Hall–Kier alpha value is -2.41. The van der Waals surface area contributed by atoms with Crippen molar-refractivity contribution in [2.75, 3.05) is 31.5 Å². The van der Waals surface area contributed by atoms with Crippen LogP contribution in [0.25, 0.3) is 0 Å². The van der Waals surface area contributed by atoms with Crippen molar-refractivity contribution >= 4 is 23.0 Å². The Morgan fingerprint density at radius 3 is 2.80 bits per heavy atom. The molecule has 0 spiro atoms. The van der Waals surface area contributed by atoms with E-state index in [2.05, 4.69) is 30.9 Å². The van der Waals surface area contributed by atoms with Crippen molar-refractivity contribution in [2.45, 2.75) is 0 Å². The van der Waals surface area contributed by atoms with Crippen molar-refractivity contribution in [3.63, 3.8) is 0 Å². The second-order valence-corrected chi connectivity index (χ2v) is 4.84. The maximum atomic E-state index is 4.81. The lowest BCUT2D eigenvalue weighted by Crippen LogP contribution is -2.46. The summed E-state index contributed by atoms with van der Waals surface area (Å²) in [6.45, 7) is 3.77. The summed E-state index contributed by atoms with van der Waals surface area (Å²) in [5, 5.41) is 17.8. The first-order valence-electron chi connectivity index (χ1n) is 6.73. The Balaban J connectivity index is 1.84. The molecule has 2 aliphatic heterocycles. The third-order valence-electron chi connectivity index (χ3n) is 3.56. The minimum atomic E-state index is 0.729. The molecular weight excluding hydrogens is 254 g/mol. The predicted molar refractivity (Wildman–Crippen MR) is 76.7 cm³/mol. The number of amidine groups is 1. The highest BCUT2D eigenvalue weighted by Crippen LogP contribution is 2.32. The Kier molecular flexibility index (Phi) is 2.63.